The number of nitrogens with zero attached hydrogens (tertiary/aromatic N) is 2. The Balaban J connectivity index is 1.35. The van der Waals surface area contributed by atoms with Crippen molar-refractivity contribution < 1.29 is 9.18 Å². The summed E-state index contributed by atoms with van der Waals surface area (Å²) < 4.78 is 13.5. The first-order chi connectivity index (χ1) is 15.1. The highest BCUT2D eigenvalue weighted by atomic mass is 32.1. The van der Waals surface area contributed by atoms with E-state index in [0.717, 1.165) is 53.3 Å². The molecule has 1 aliphatic rings. The van der Waals surface area contributed by atoms with E-state index >= 15 is 0 Å². The van der Waals surface area contributed by atoms with Crippen LogP contribution in [0.25, 0.3) is 21.7 Å². The van der Waals surface area contributed by atoms with Crippen molar-refractivity contribution in [1.82, 2.24) is 10.2 Å². The van der Waals surface area contributed by atoms with E-state index in [0.29, 0.717) is 5.13 Å². The highest BCUT2D eigenvalue weighted by Gasteiger charge is 2.26. The number of nitrogens with one attached hydrogen (secondary N) is 1. The molecule has 0 saturated heterocycles. The van der Waals surface area contributed by atoms with Crippen LogP contribution in [0.5, 0.6) is 0 Å². The highest BCUT2D eigenvalue weighted by Crippen LogP contribution is 2.33. The molecule has 1 saturated carbocycles. The second kappa shape index (κ2) is 10.1. The number of anilines is 1. The van der Waals surface area contributed by atoms with E-state index in [1.54, 1.807) is 6.07 Å². The van der Waals surface area contributed by atoms with Gasteiger partial charge in [0.2, 0.25) is 11.0 Å². The summed E-state index contributed by atoms with van der Waals surface area (Å²) in [5, 5.41) is 12.7. The topological polar surface area (TPSA) is 54.9 Å². The van der Waals surface area contributed by atoms with E-state index < -0.39 is 0 Å². The first-order valence-corrected chi connectivity index (χ1v) is 11.9. The molecule has 0 spiro atoms. The number of hydrogen-bond donors (Lipinski definition) is 1. The maximum atomic E-state index is 13.5. The second-order valence-electron chi connectivity index (χ2n) is 8.35. The molecule has 1 amide bonds. The minimum absolute atomic E-state index is 0.0677. The van der Waals surface area contributed by atoms with Gasteiger partial charge in [-0.25, -0.2) is 4.39 Å². The molecule has 0 radical (unpaired) electrons. The average Bonchev–Trinajstić information content (AvgIpc) is 3.26. The Kier molecular flexibility index (Phi) is 7.07. The Bertz CT molecular complexity index is 1010. The average molecular weight is 438 g/mol. The van der Waals surface area contributed by atoms with Gasteiger partial charge in [-0.15, -0.1) is 10.2 Å². The molecule has 1 N–H and O–H groups in total. The van der Waals surface area contributed by atoms with Crippen molar-refractivity contribution in [3.8, 4) is 21.7 Å². The summed E-state index contributed by atoms with van der Waals surface area (Å²) in [7, 11) is 0. The summed E-state index contributed by atoms with van der Waals surface area (Å²) in [6.45, 7) is 2.23. The van der Waals surface area contributed by atoms with Crippen molar-refractivity contribution in [2.45, 2.75) is 51.9 Å². The summed E-state index contributed by atoms with van der Waals surface area (Å²) in [6.07, 6.45) is 8.06. The van der Waals surface area contributed by atoms with Gasteiger partial charge in [-0.2, -0.15) is 0 Å². The van der Waals surface area contributed by atoms with E-state index in [1.807, 2.05) is 30.3 Å². The number of rotatable bonds is 7. The Morgan fingerprint density at radius 3 is 2.48 bits per heavy atom. The molecule has 4 rings (SSSR count). The number of benzene rings is 2. The maximum Gasteiger partial charge on any atom is 0.229 e. The fourth-order valence-electron chi connectivity index (χ4n) is 4.28. The van der Waals surface area contributed by atoms with Gasteiger partial charge in [0.25, 0.3) is 0 Å². The molecule has 0 aliphatic heterocycles. The van der Waals surface area contributed by atoms with E-state index in [9.17, 15) is 9.18 Å². The standard InChI is InChI=1S/C25H28FN3OS/c1-2-3-5-17-8-10-19(11-9-17)23(30)27-25-29-28-24(31-25)20-14-12-18(13-15-20)21-6-4-7-22(26)16-21/h4,6-7,12-17,19H,2-3,5,8-11H2,1H3,(H,27,29,30). The lowest BCUT2D eigenvalue weighted by Crippen LogP contribution is -2.27. The van der Waals surface area contributed by atoms with Crippen molar-refractivity contribution in [1.29, 1.82) is 0 Å². The molecule has 1 fully saturated rings. The Morgan fingerprint density at radius 2 is 1.77 bits per heavy atom. The molecule has 3 aromatic rings. The third-order valence-electron chi connectivity index (χ3n) is 6.13. The summed E-state index contributed by atoms with van der Waals surface area (Å²) in [5.41, 5.74) is 2.70. The van der Waals surface area contributed by atoms with Gasteiger partial charge in [0.15, 0.2) is 0 Å². The Morgan fingerprint density at radius 1 is 1.03 bits per heavy atom. The molecule has 6 heteroatoms. The molecule has 4 nitrogen and oxygen atoms in total. The Hall–Kier alpha value is -2.60. The van der Waals surface area contributed by atoms with Crippen LogP contribution in [0.4, 0.5) is 9.52 Å². The summed E-state index contributed by atoms with van der Waals surface area (Å²) >= 11 is 1.38. The fourth-order valence-corrected chi connectivity index (χ4v) is 5.03. The minimum Gasteiger partial charge on any atom is -0.300 e. The maximum absolute atomic E-state index is 13.5. The van der Waals surface area contributed by atoms with Crippen LogP contribution in [-0.4, -0.2) is 16.1 Å². The third kappa shape index (κ3) is 5.56. The fraction of sp³-hybridized carbons (Fsp3) is 0.400. The smallest absolute Gasteiger partial charge is 0.229 e. The SMILES string of the molecule is CCCCC1CCC(C(=O)Nc2nnc(-c3ccc(-c4cccc(F)c4)cc3)s2)CC1. The van der Waals surface area contributed by atoms with Gasteiger partial charge < -0.3 is 5.32 Å². The first kappa shape index (κ1) is 21.6. The second-order valence-corrected chi connectivity index (χ2v) is 9.33. The molecule has 0 atom stereocenters. The van der Waals surface area contributed by atoms with Crippen LogP contribution in [0.2, 0.25) is 0 Å². The zero-order valence-corrected chi connectivity index (χ0v) is 18.6. The lowest BCUT2D eigenvalue weighted by Gasteiger charge is -2.27. The molecule has 2 aromatic carbocycles. The van der Waals surface area contributed by atoms with Crippen molar-refractivity contribution in [3.05, 3.63) is 54.3 Å². The largest absolute Gasteiger partial charge is 0.300 e. The monoisotopic (exact) mass is 437 g/mol. The van der Waals surface area contributed by atoms with Gasteiger partial charge in [0.05, 0.1) is 0 Å². The molecule has 1 heterocycles. The molecule has 31 heavy (non-hydrogen) atoms. The van der Waals surface area contributed by atoms with E-state index in [2.05, 4.69) is 22.4 Å². The van der Waals surface area contributed by atoms with Gasteiger partial charge in [0.1, 0.15) is 10.8 Å². The molecular formula is C25H28FN3OS. The summed E-state index contributed by atoms with van der Waals surface area (Å²) in [6, 6.07) is 14.3. The third-order valence-corrected chi connectivity index (χ3v) is 7.02. The highest BCUT2D eigenvalue weighted by molar-refractivity contribution is 7.18. The van der Waals surface area contributed by atoms with Crippen LogP contribution in [0.15, 0.2) is 48.5 Å². The predicted octanol–water partition coefficient (Wildman–Crippen LogP) is 6.95. The summed E-state index contributed by atoms with van der Waals surface area (Å²) in [4.78, 5) is 12.7. The molecule has 0 bridgehead atoms. The van der Waals surface area contributed by atoms with Crippen LogP contribution < -0.4 is 5.32 Å². The number of carbonyl (C=O) groups is 1. The van der Waals surface area contributed by atoms with Crippen LogP contribution in [0.3, 0.4) is 0 Å². The molecule has 162 valence electrons. The predicted molar refractivity (Wildman–Crippen MR) is 124 cm³/mol. The number of unbranched alkanes of at least 4 members (excludes halogenated alkanes) is 1. The molecule has 1 aromatic heterocycles. The van der Waals surface area contributed by atoms with Crippen molar-refractivity contribution >= 4 is 22.4 Å². The van der Waals surface area contributed by atoms with E-state index in [-0.39, 0.29) is 17.6 Å². The molecular weight excluding hydrogens is 409 g/mol. The van der Waals surface area contributed by atoms with Crippen molar-refractivity contribution in [3.63, 3.8) is 0 Å². The lowest BCUT2D eigenvalue weighted by atomic mass is 9.79. The van der Waals surface area contributed by atoms with Crippen molar-refractivity contribution in [2.24, 2.45) is 11.8 Å². The number of hydrogen-bond acceptors (Lipinski definition) is 4. The Labute approximate surface area is 186 Å². The minimum atomic E-state index is -0.250. The quantitative estimate of drug-likeness (QED) is 0.435. The van der Waals surface area contributed by atoms with Crippen LogP contribution in [0.1, 0.15) is 51.9 Å². The number of carbonyl (C=O) groups excluding carboxylic acids is 1. The van der Waals surface area contributed by atoms with Gasteiger partial charge in [0, 0.05) is 11.5 Å². The van der Waals surface area contributed by atoms with Crippen LogP contribution in [-0.2, 0) is 4.79 Å². The van der Waals surface area contributed by atoms with Crippen molar-refractivity contribution in [2.75, 3.05) is 5.32 Å². The van der Waals surface area contributed by atoms with E-state index in [1.165, 1.54) is 42.7 Å². The zero-order valence-electron chi connectivity index (χ0n) is 17.8. The first-order valence-electron chi connectivity index (χ1n) is 11.1. The zero-order chi connectivity index (χ0) is 21.6. The number of aromatic nitrogens is 2. The number of halogens is 1. The van der Waals surface area contributed by atoms with Crippen LogP contribution in [0, 0.1) is 17.7 Å². The van der Waals surface area contributed by atoms with Gasteiger partial charge >= 0.3 is 0 Å². The van der Waals surface area contributed by atoms with Gasteiger partial charge in [-0.1, -0.05) is 73.9 Å². The number of amides is 1. The van der Waals surface area contributed by atoms with Gasteiger partial charge in [-0.3, -0.25) is 4.79 Å². The molecule has 1 aliphatic carbocycles. The lowest BCUT2D eigenvalue weighted by molar-refractivity contribution is -0.121. The van der Waals surface area contributed by atoms with E-state index in [4.69, 9.17) is 0 Å². The van der Waals surface area contributed by atoms with Gasteiger partial charge in [-0.05, 0) is 54.9 Å². The summed E-state index contributed by atoms with van der Waals surface area (Å²) in [5.74, 6) is 0.682. The van der Waals surface area contributed by atoms with Crippen LogP contribution >= 0.6 is 11.3 Å². The molecule has 0 unspecified atom stereocenters. The normalized spacial score (nSPS) is 18.6.